The molecule has 0 radical (unpaired) electrons. The number of nitrogens with zero attached hydrogens (tertiary/aromatic N) is 2. The molecule has 0 bridgehead atoms. The van der Waals surface area contributed by atoms with E-state index >= 15 is 0 Å². The quantitative estimate of drug-likeness (QED) is 0.788. The van der Waals surface area contributed by atoms with Crippen LogP contribution in [0.4, 0.5) is 8.78 Å². The maximum atomic E-state index is 13.9. The van der Waals surface area contributed by atoms with Gasteiger partial charge < -0.3 is 9.80 Å². The Hall–Kier alpha value is -2.76. The number of benzene rings is 2. The van der Waals surface area contributed by atoms with Gasteiger partial charge in [0.1, 0.15) is 11.6 Å². The van der Waals surface area contributed by atoms with Gasteiger partial charge in [0, 0.05) is 37.2 Å². The molecule has 152 valence electrons. The topological polar surface area (TPSA) is 40.6 Å². The van der Waals surface area contributed by atoms with Crippen LogP contribution in [0.15, 0.2) is 48.5 Å². The minimum absolute atomic E-state index is 0.155. The molecule has 2 saturated heterocycles. The molecule has 2 aromatic rings. The minimum Gasteiger partial charge on any atom is -0.342 e. The molecule has 0 aromatic heterocycles. The van der Waals surface area contributed by atoms with Crippen LogP contribution in [-0.4, -0.2) is 40.2 Å². The molecule has 29 heavy (non-hydrogen) atoms. The van der Waals surface area contributed by atoms with Crippen molar-refractivity contribution in [1.82, 2.24) is 9.80 Å². The molecular formula is C23H24F2N2O2. The summed E-state index contributed by atoms with van der Waals surface area (Å²) >= 11 is 0. The van der Waals surface area contributed by atoms with Crippen molar-refractivity contribution in [2.45, 2.75) is 44.2 Å². The lowest BCUT2D eigenvalue weighted by atomic mass is 9.84. The summed E-state index contributed by atoms with van der Waals surface area (Å²) < 4.78 is 27.7. The van der Waals surface area contributed by atoms with Crippen LogP contribution in [0.5, 0.6) is 0 Å². The Morgan fingerprint density at radius 3 is 2.24 bits per heavy atom. The van der Waals surface area contributed by atoms with Crippen LogP contribution in [0.1, 0.15) is 36.8 Å². The maximum absolute atomic E-state index is 13.9. The van der Waals surface area contributed by atoms with E-state index in [1.54, 1.807) is 4.90 Å². The van der Waals surface area contributed by atoms with Crippen LogP contribution >= 0.6 is 0 Å². The molecule has 0 saturated carbocycles. The number of hydrogen-bond donors (Lipinski definition) is 0. The van der Waals surface area contributed by atoms with Gasteiger partial charge >= 0.3 is 0 Å². The minimum atomic E-state index is -0.692. The SMILES string of the molecule is O=C(Cc1c(F)cccc1F)N1CCC2(CCC(=O)N2Cc2ccccc2)CC1. The number of piperidine rings is 1. The van der Waals surface area contributed by atoms with Gasteiger partial charge in [-0.25, -0.2) is 8.78 Å². The monoisotopic (exact) mass is 398 g/mol. The predicted octanol–water partition coefficient (Wildman–Crippen LogP) is 3.69. The van der Waals surface area contributed by atoms with E-state index < -0.39 is 11.6 Å². The standard InChI is InChI=1S/C23H24F2N2O2/c24-19-7-4-8-20(25)18(19)15-22(29)26-13-11-23(12-14-26)10-9-21(28)27(23)16-17-5-2-1-3-6-17/h1-8H,9-16H2. The summed E-state index contributed by atoms with van der Waals surface area (Å²) in [6, 6.07) is 13.5. The number of halogens is 2. The van der Waals surface area contributed by atoms with Gasteiger partial charge in [-0.05, 0) is 37.0 Å². The molecule has 2 heterocycles. The van der Waals surface area contributed by atoms with E-state index in [-0.39, 0.29) is 29.3 Å². The normalized spacial score (nSPS) is 18.5. The van der Waals surface area contributed by atoms with Crippen LogP contribution < -0.4 is 0 Å². The first-order valence-electron chi connectivity index (χ1n) is 10.0. The van der Waals surface area contributed by atoms with Crippen molar-refractivity contribution in [3.8, 4) is 0 Å². The fourth-order valence-corrected chi connectivity index (χ4v) is 4.55. The third-order valence-electron chi connectivity index (χ3n) is 6.30. The fraction of sp³-hybridized carbons (Fsp3) is 0.391. The zero-order valence-corrected chi connectivity index (χ0v) is 16.2. The molecule has 4 nitrogen and oxygen atoms in total. The van der Waals surface area contributed by atoms with Gasteiger partial charge in [0.05, 0.1) is 6.42 Å². The molecule has 0 aliphatic carbocycles. The van der Waals surface area contributed by atoms with E-state index in [0.29, 0.717) is 38.9 Å². The zero-order chi connectivity index (χ0) is 20.4. The maximum Gasteiger partial charge on any atom is 0.227 e. The number of carbonyl (C=O) groups excluding carboxylic acids is 2. The lowest BCUT2D eigenvalue weighted by Gasteiger charge is -2.45. The van der Waals surface area contributed by atoms with Crippen LogP contribution in [0.25, 0.3) is 0 Å². The third-order valence-corrected chi connectivity index (χ3v) is 6.30. The van der Waals surface area contributed by atoms with Crippen molar-refractivity contribution in [3.05, 3.63) is 71.3 Å². The van der Waals surface area contributed by atoms with Crippen molar-refractivity contribution in [2.24, 2.45) is 0 Å². The second-order valence-corrected chi connectivity index (χ2v) is 7.95. The van der Waals surface area contributed by atoms with Crippen molar-refractivity contribution < 1.29 is 18.4 Å². The summed E-state index contributed by atoms with van der Waals surface area (Å²) in [5.41, 5.74) is 0.683. The lowest BCUT2D eigenvalue weighted by molar-refractivity contribution is -0.136. The number of amides is 2. The van der Waals surface area contributed by atoms with Crippen molar-refractivity contribution in [3.63, 3.8) is 0 Å². The summed E-state index contributed by atoms with van der Waals surface area (Å²) in [5, 5.41) is 0. The van der Waals surface area contributed by atoms with Crippen LogP contribution in [0.3, 0.4) is 0 Å². The summed E-state index contributed by atoms with van der Waals surface area (Å²) in [6.07, 6.45) is 2.43. The number of rotatable bonds is 4. The highest BCUT2D eigenvalue weighted by atomic mass is 19.1. The van der Waals surface area contributed by atoms with Gasteiger partial charge in [0.2, 0.25) is 11.8 Å². The second kappa shape index (κ2) is 7.93. The Morgan fingerprint density at radius 2 is 1.59 bits per heavy atom. The fourth-order valence-electron chi connectivity index (χ4n) is 4.55. The molecule has 2 fully saturated rings. The van der Waals surface area contributed by atoms with Crippen molar-refractivity contribution in [1.29, 1.82) is 0 Å². The lowest BCUT2D eigenvalue weighted by Crippen LogP contribution is -2.54. The van der Waals surface area contributed by atoms with Crippen LogP contribution in [0, 0.1) is 11.6 Å². The third kappa shape index (κ3) is 3.88. The summed E-state index contributed by atoms with van der Waals surface area (Å²) in [7, 11) is 0. The summed E-state index contributed by atoms with van der Waals surface area (Å²) in [4.78, 5) is 28.8. The number of carbonyl (C=O) groups is 2. The molecule has 2 aliphatic heterocycles. The first kappa shape index (κ1) is 19.6. The van der Waals surface area contributed by atoms with E-state index in [1.807, 2.05) is 35.2 Å². The Kier molecular flexibility index (Phi) is 5.35. The van der Waals surface area contributed by atoms with Crippen molar-refractivity contribution >= 4 is 11.8 Å². The van der Waals surface area contributed by atoms with Gasteiger partial charge in [0.25, 0.3) is 0 Å². The number of likely N-dealkylation sites (tertiary alicyclic amines) is 2. The predicted molar refractivity (Wildman–Crippen MR) is 105 cm³/mol. The van der Waals surface area contributed by atoms with Crippen molar-refractivity contribution in [2.75, 3.05) is 13.1 Å². The Labute approximate surface area is 169 Å². The highest BCUT2D eigenvalue weighted by molar-refractivity contribution is 5.81. The molecule has 0 unspecified atom stereocenters. The Balaban J connectivity index is 1.42. The molecule has 2 aliphatic rings. The average Bonchev–Trinajstić information content (AvgIpc) is 3.02. The highest BCUT2D eigenvalue weighted by Gasteiger charge is 2.47. The van der Waals surface area contributed by atoms with Gasteiger partial charge in [-0.1, -0.05) is 36.4 Å². The van der Waals surface area contributed by atoms with Crippen LogP contribution in [0.2, 0.25) is 0 Å². The second-order valence-electron chi connectivity index (χ2n) is 7.95. The summed E-state index contributed by atoms with van der Waals surface area (Å²) in [6.45, 7) is 1.56. The zero-order valence-electron chi connectivity index (χ0n) is 16.2. The molecule has 2 amide bonds. The molecule has 0 atom stereocenters. The highest BCUT2D eigenvalue weighted by Crippen LogP contribution is 2.40. The first-order valence-corrected chi connectivity index (χ1v) is 10.0. The van der Waals surface area contributed by atoms with Crippen LogP contribution in [-0.2, 0) is 22.6 Å². The molecule has 0 N–H and O–H groups in total. The van der Waals surface area contributed by atoms with Gasteiger partial charge in [0.15, 0.2) is 0 Å². The molecule has 2 aromatic carbocycles. The average molecular weight is 398 g/mol. The molecule has 1 spiro atoms. The first-order chi connectivity index (χ1) is 14.0. The number of hydrogen-bond acceptors (Lipinski definition) is 2. The van der Waals surface area contributed by atoms with Gasteiger partial charge in [-0.2, -0.15) is 0 Å². The largest absolute Gasteiger partial charge is 0.342 e. The Morgan fingerprint density at radius 1 is 0.931 bits per heavy atom. The Bertz CT molecular complexity index is 888. The van der Waals surface area contributed by atoms with E-state index in [1.165, 1.54) is 18.2 Å². The smallest absolute Gasteiger partial charge is 0.227 e. The van der Waals surface area contributed by atoms with E-state index in [9.17, 15) is 18.4 Å². The van der Waals surface area contributed by atoms with Gasteiger partial charge in [-0.15, -0.1) is 0 Å². The van der Waals surface area contributed by atoms with E-state index in [0.717, 1.165) is 12.0 Å². The van der Waals surface area contributed by atoms with E-state index in [4.69, 9.17) is 0 Å². The molecular weight excluding hydrogens is 374 g/mol. The molecule has 4 rings (SSSR count). The summed E-state index contributed by atoms with van der Waals surface area (Å²) in [5.74, 6) is -1.51. The van der Waals surface area contributed by atoms with E-state index in [2.05, 4.69) is 0 Å². The van der Waals surface area contributed by atoms with Gasteiger partial charge in [-0.3, -0.25) is 9.59 Å². The molecule has 6 heteroatoms.